The van der Waals surface area contributed by atoms with Crippen molar-refractivity contribution in [2.75, 3.05) is 26.2 Å². The van der Waals surface area contributed by atoms with Gasteiger partial charge in [0.1, 0.15) is 0 Å². The molecule has 4 heterocycles. The third-order valence-corrected chi connectivity index (χ3v) is 4.81. The van der Waals surface area contributed by atoms with Gasteiger partial charge in [-0.25, -0.2) is 0 Å². The largest absolute Gasteiger partial charge is 0.459 e. The third kappa shape index (κ3) is 3.10. The molecule has 8 heteroatoms. The van der Waals surface area contributed by atoms with Crippen LogP contribution >= 0.6 is 11.3 Å². The number of aromatic nitrogens is 2. The molecule has 0 atom stereocenters. The van der Waals surface area contributed by atoms with Crippen molar-refractivity contribution in [3.63, 3.8) is 0 Å². The highest BCUT2D eigenvalue weighted by molar-refractivity contribution is 7.13. The average molecular weight is 344 g/mol. The highest BCUT2D eigenvalue weighted by atomic mass is 32.1. The van der Waals surface area contributed by atoms with Crippen molar-refractivity contribution in [2.24, 2.45) is 0 Å². The number of thiophene rings is 1. The standard InChI is InChI=1S/C16H16N4O3S/c21-16(12-3-1-9-22-12)20-7-5-19(6-8-20)11-14-17-18-15(23-14)13-4-2-10-24-13/h1-4,9-10H,5-8,11H2. The topological polar surface area (TPSA) is 75.6 Å². The maximum atomic E-state index is 12.2. The second-order valence-corrected chi connectivity index (χ2v) is 6.47. The van der Waals surface area contributed by atoms with E-state index in [1.54, 1.807) is 28.4 Å². The zero-order valence-electron chi connectivity index (χ0n) is 12.9. The summed E-state index contributed by atoms with van der Waals surface area (Å²) in [5, 5.41) is 10.2. The average Bonchev–Trinajstić information content (AvgIpc) is 3.36. The number of hydrogen-bond donors (Lipinski definition) is 0. The number of carbonyl (C=O) groups excluding carboxylic acids is 1. The lowest BCUT2D eigenvalue weighted by molar-refractivity contribution is 0.0588. The summed E-state index contributed by atoms with van der Waals surface area (Å²) in [5.41, 5.74) is 0. The molecule has 0 spiro atoms. The molecule has 0 aromatic carbocycles. The molecule has 1 aliphatic rings. The molecule has 1 amide bonds. The minimum atomic E-state index is -0.0579. The minimum absolute atomic E-state index is 0.0579. The molecule has 124 valence electrons. The van der Waals surface area contributed by atoms with Gasteiger partial charge in [-0.05, 0) is 23.6 Å². The van der Waals surface area contributed by atoms with Gasteiger partial charge in [0.2, 0.25) is 5.89 Å². The van der Waals surface area contributed by atoms with E-state index in [4.69, 9.17) is 8.83 Å². The molecule has 0 aliphatic carbocycles. The Bertz CT molecular complexity index is 789. The molecule has 0 radical (unpaired) electrons. The van der Waals surface area contributed by atoms with Crippen LogP contribution in [0.4, 0.5) is 0 Å². The van der Waals surface area contributed by atoms with Crippen LogP contribution in [0.15, 0.2) is 44.7 Å². The molecule has 3 aromatic rings. The quantitative estimate of drug-likeness (QED) is 0.723. The molecular formula is C16H16N4O3S. The number of nitrogens with zero attached hydrogens (tertiary/aromatic N) is 4. The molecule has 0 unspecified atom stereocenters. The van der Waals surface area contributed by atoms with Gasteiger partial charge in [-0.3, -0.25) is 9.69 Å². The minimum Gasteiger partial charge on any atom is -0.459 e. The lowest BCUT2D eigenvalue weighted by Gasteiger charge is -2.33. The molecule has 0 bridgehead atoms. The molecule has 3 aromatic heterocycles. The highest BCUT2D eigenvalue weighted by Gasteiger charge is 2.24. The third-order valence-electron chi connectivity index (χ3n) is 3.95. The van der Waals surface area contributed by atoms with Crippen molar-refractivity contribution in [2.45, 2.75) is 6.54 Å². The number of hydrogen-bond acceptors (Lipinski definition) is 7. The number of piperazine rings is 1. The Kier molecular flexibility index (Phi) is 4.14. The van der Waals surface area contributed by atoms with Gasteiger partial charge in [-0.15, -0.1) is 21.5 Å². The fourth-order valence-corrected chi connectivity index (χ4v) is 3.32. The van der Waals surface area contributed by atoms with Gasteiger partial charge >= 0.3 is 0 Å². The predicted molar refractivity (Wildman–Crippen MR) is 87.5 cm³/mol. The summed E-state index contributed by atoms with van der Waals surface area (Å²) in [6, 6.07) is 7.34. The molecular weight excluding hydrogens is 328 g/mol. The van der Waals surface area contributed by atoms with Crippen molar-refractivity contribution in [1.82, 2.24) is 20.0 Å². The molecule has 24 heavy (non-hydrogen) atoms. The monoisotopic (exact) mass is 344 g/mol. The van der Waals surface area contributed by atoms with E-state index in [9.17, 15) is 4.79 Å². The number of carbonyl (C=O) groups is 1. The Morgan fingerprint density at radius 1 is 1.17 bits per heavy atom. The van der Waals surface area contributed by atoms with E-state index >= 15 is 0 Å². The molecule has 0 N–H and O–H groups in total. The Labute approximate surface area is 142 Å². The second kappa shape index (κ2) is 6.58. The van der Waals surface area contributed by atoms with E-state index in [0.29, 0.717) is 37.2 Å². The zero-order chi connectivity index (χ0) is 16.4. The van der Waals surface area contributed by atoms with E-state index < -0.39 is 0 Å². The van der Waals surface area contributed by atoms with Crippen molar-refractivity contribution in [3.8, 4) is 10.8 Å². The predicted octanol–water partition coefficient (Wildman–Crippen LogP) is 2.35. The first kappa shape index (κ1) is 15.1. The Hall–Kier alpha value is -2.45. The Morgan fingerprint density at radius 2 is 2.04 bits per heavy atom. The smallest absolute Gasteiger partial charge is 0.289 e. The summed E-state index contributed by atoms with van der Waals surface area (Å²) < 4.78 is 10.9. The number of rotatable bonds is 4. The Morgan fingerprint density at radius 3 is 2.75 bits per heavy atom. The molecule has 1 saturated heterocycles. The summed E-state index contributed by atoms with van der Waals surface area (Å²) >= 11 is 1.57. The Balaban J connectivity index is 1.33. The fourth-order valence-electron chi connectivity index (χ4n) is 2.67. The number of furan rings is 1. The van der Waals surface area contributed by atoms with Gasteiger partial charge in [-0.2, -0.15) is 0 Å². The molecule has 1 aliphatic heterocycles. The van der Waals surface area contributed by atoms with Crippen LogP contribution in [-0.4, -0.2) is 52.1 Å². The summed E-state index contributed by atoms with van der Waals surface area (Å²) in [7, 11) is 0. The normalized spacial score (nSPS) is 15.8. The van der Waals surface area contributed by atoms with Crippen LogP contribution in [0.25, 0.3) is 10.8 Å². The summed E-state index contributed by atoms with van der Waals surface area (Å²) in [4.78, 5) is 17.2. The first-order chi connectivity index (χ1) is 11.8. The summed E-state index contributed by atoms with van der Waals surface area (Å²) in [6.07, 6.45) is 1.52. The maximum Gasteiger partial charge on any atom is 0.289 e. The van der Waals surface area contributed by atoms with E-state index in [0.717, 1.165) is 18.0 Å². The van der Waals surface area contributed by atoms with Gasteiger partial charge in [0.05, 0.1) is 17.7 Å². The lowest BCUT2D eigenvalue weighted by atomic mass is 10.3. The SMILES string of the molecule is O=C(c1ccco1)N1CCN(Cc2nnc(-c3cccs3)o2)CC1. The summed E-state index contributed by atoms with van der Waals surface area (Å²) in [5.74, 6) is 1.49. The zero-order valence-corrected chi connectivity index (χ0v) is 13.7. The van der Waals surface area contributed by atoms with Crippen molar-refractivity contribution in [3.05, 3.63) is 47.6 Å². The molecule has 4 rings (SSSR count). The maximum absolute atomic E-state index is 12.2. The van der Waals surface area contributed by atoms with E-state index in [1.165, 1.54) is 6.26 Å². The van der Waals surface area contributed by atoms with E-state index in [-0.39, 0.29) is 5.91 Å². The highest BCUT2D eigenvalue weighted by Crippen LogP contribution is 2.23. The van der Waals surface area contributed by atoms with Gasteiger partial charge < -0.3 is 13.7 Å². The van der Waals surface area contributed by atoms with E-state index in [2.05, 4.69) is 15.1 Å². The van der Waals surface area contributed by atoms with Crippen molar-refractivity contribution in [1.29, 1.82) is 0 Å². The molecule has 1 fully saturated rings. The van der Waals surface area contributed by atoms with Crippen LogP contribution in [0.3, 0.4) is 0 Å². The van der Waals surface area contributed by atoms with Crippen LogP contribution in [0.1, 0.15) is 16.4 Å². The van der Waals surface area contributed by atoms with E-state index in [1.807, 2.05) is 17.5 Å². The van der Waals surface area contributed by atoms with Crippen LogP contribution in [0.5, 0.6) is 0 Å². The van der Waals surface area contributed by atoms with Crippen LogP contribution in [0, 0.1) is 0 Å². The first-order valence-corrected chi connectivity index (χ1v) is 8.59. The second-order valence-electron chi connectivity index (χ2n) is 5.52. The first-order valence-electron chi connectivity index (χ1n) is 7.71. The van der Waals surface area contributed by atoms with Gasteiger partial charge in [0.15, 0.2) is 5.76 Å². The molecule has 7 nitrogen and oxygen atoms in total. The fraction of sp³-hybridized carbons (Fsp3) is 0.312. The summed E-state index contributed by atoms with van der Waals surface area (Å²) in [6.45, 7) is 3.45. The van der Waals surface area contributed by atoms with Gasteiger partial charge in [-0.1, -0.05) is 6.07 Å². The van der Waals surface area contributed by atoms with Crippen LogP contribution in [-0.2, 0) is 6.54 Å². The van der Waals surface area contributed by atoms with Crippen molar-refractivity contribution < 1.29 is 13.6 Å². The molecule has 0 saturated carbocycles. The van der Waals surface area contributed by atoms with Crippen LogP contribution < -0.4 is 0 Å². The number of amides is 1. The lowest BCUT2D eigenvalue weighted by Crippen LogP contribution is -2.48. The van der Waals surface area contributed by atoms with Crippen LogP contribution in [0.2, 0.25) is 0 Å². The van der Waals surface area contributed by atoms with Gasteiger partial charge in [0.25, 0.3) is 11.8 Å². The van der Waals surface area contributed by atoms with Crippen molar-refractivity contribution >= 4 is 17.2 Å². The van der Waals surface area contributed by atoms with Gasteiger partial charge in [0, 0.05) is 26.2 Å².